The van der Waals surface area contributed by atoms with Gasteiger partial charge in [0.25, 0.3) is 0 Å². The van der Waals surface area contributed by atoms with E-state index in [0.29, 0.717) is 12.0 Å². The Labute approximate surface area is 203 Å². The van der Waals surface area contributed by atoms with Crippen LogP contribution < -0.4 is 10.6 Å². The highest BCUT2D eigenvalue weighted by molar-refractivity contribution is 5.93. The molecule has 0 bridgehead atoms. The Kier molecular flexibility index (Phi) is 9.36. The molecule has 0 aliphatic heterocycles. The number of hydrogen-bond acceptors (Lipinski definition) is 5. The zero-order valence-corrected chi connectivity index (χ0v) is 21.6. The monoisotopic (exact) mass is 475 g/mol. The molecule has 8 heteroatoms. The molecule has 2 unspecified atom stereocenters. The molecule has 0 radical (unpaired) electrons. The van der Waals surface area contributed by atoms with E-state index >= 15 is 0 Å². The molecule has 3 amide bonds. The van der Waals surface area contributed by atoms with Gasteiger partial charge in [-0.1, -0.05) is 32.0 Å². The van der Waals surface area contributed by atoms with E-state index in [9.17, 15) is 19.5 Å². The molecule has 1 saturated carbocycles. The molecule has 1 aliphatic rings. The lowest BCUT2D eigenvalue weighted by Crippen LogP contribution is -2.58. The smallest absolute Gasteiger partial charge is 0.408 e. The van der Waals surface area contributed by atoms with E-state index in [0.717, 1.165) is 19.3 Å². The number of carbonyl (C=O) groups is 3. The number of benzene rings is 1. The number of aromatic hydroxyl groups is 1. The summed E-state index contributed by atoms with van der Waals surface area (Å²) in [6.07, 6.45) is 2.17. The van der Waals surface area contributed by atoms with Gasteiger partial charge in [0.2, 0.25) is 11.8 Å². The zero-order valence-electron chi connectivity index (χ0n) is 21.6. The first kappa shape index (κ1) is 27.5. The normalized spacial score (nSPS) is 15.9. The van der Waals surface area contributed by atoms with Gasteiger partial charge in [-0.3, -0.25) is 9.59 Å². The van der Waals surface area contributed by atoms with Gasteiger partial charge in [-0.15, -0.1) is 0 Å². The molecule has 3 N–H and O–H groups in total. The maximum Gasteiger partial charge on any atom is 0.408 e. The van der Waals surface area contributed by atoms with Crippen molar-refractivity contribution in [2.45, 2.75) is 104 Å². The van der Waals surface area contributed by atoms with Crippen LogP contribution >= 0.6 is 0 Å². The number of alkyl carbamates (subject to hydrolysis) is 1. The van der Waals surface area contributed by atoms with Crippen LogP contribution in [0, 0.1) is 5.92 Å². The summed E-state index contributed by atoms with van der Waals surface area (Å²) in [5, 5.41) is 16.3. The van der Waals surface area contributed by atoms with Crippen molar-refractivity contribution in [1.29, 1.82) is 0 Å². The standard InChI is InChI=1S/C26H41N3O5/c1-16(2)15-20(28-25(33)34-26(5,6)7)24(32)29(18-11-10-12-18)22(23(31)27-17(3)4)19-13-8-9-14-21(19)30/h8-9,13-14,16-18,20,22,30H,10-12,15H2,1-7H3,(H,27,31)(H,28,33). The van der Waals surface area contributed by atoms with Gasteiger partial charge in [-0.05, 0) is 72.3 Å². The van der Waals surface area contributed by atoms with Gasteiger partial charge >= 0.3 is 6.09 Å². The number of hydrogen-bond donors (Lipinski definition) is 3. The van der Waals surface area contributed by atoms with Crippen LogP contribution in [0.5, 0.6) is 5.75 Å². The van der Waals surface area contributed by atoms with Crippen molar-refractivity contribution in [1.82, 2.24) is 15.5 Å². The van der Waals surface area contributed by atoms with Crippen molar-refractivity contribution < 1.29 is 24.2 Å². The molecule has 1 aromatic rings. The maximum absolute atomic E-state index is 14.0. The van der Waals surface area contributed by atoms with Crippen LogP contribution in [0.4, 0.5) is 4.79 Å². The molecule has 1 fully saturated rings. The highest BCUT2D eigenvalue weighted by Crippen LogP contribution is 2.37. The zero-order chi connectivity index (χ0) is 25.6. The summed E-state index contributed by atoms with van der Waals surface area (Å²) in [5.74, 6) is -0.655. The number of phenols is 1. The summed E-state index contributed by atoms with van der Waals surface area (Å²) < 4.78 is 5.40. The Morgan fingerprint density at radius 2 is 1.71 bits per heavy atom. The molecule has 8 nitrogen and oxygen atoms in total. The van der Waals surface area contributed by atoms with Crippen molar-refractivity contribution >= 4 is 17.9 Å². The Morgan fingerprint density at radius 1 is 1.09 bits per heavy atom. The summed E-state index contributed by atoms with van der Waals surface area (Å²) in [6.45, 7) is 12.9. The first-order valence-electron chi connectivity index (χ1n) is 12.2. The molecule has 2 atom stereocenters. The van der Waals surface area contributed by atoms with Gasteiger partial charge < -0.3 is 25.4 Å². The predicted molar refractivity (Wildman–Crippen MR) is 131 cm³/mol. The van der Waals surface area contributed by atoms with Gasteiger partial charge in [0.1, 0.15) is 23.4 Å². The average molecular weight is 476 g/mol. The summed E-state index contributed by atoms with van der Waals surface area (Å²) in [4.78, 5) is 41.6. The highest BCUT2D eigenvalue weighted by Gasteiger charge is 2.43. The number of nitrogens with one attached hydrogen (secondary N) is 2. The van der Waals surface area contributed by atoms with E-state index in [1.165, 1.54) is 6.07 Å². The highest BCUT2D eigenvalue weighted by atomic mass is 16.6. The third kappa shape index (κ3) is 7.64. The second-order valence-corrected chi connectivity index (χ2v) is 10.8. The number of ether oxygens (including phenoxy) is 1. The van der Waals surface area contributed by atoms with E-state index in [2.05, 4.69) is 10.6 Å². The number of carbonyl (C=O) groups excluding carboxylic acids is 3. The second kappa shape index (κ2) is 11.6. The van der Waals surface area contributed by atoms with E-state index in [1.54, 1.807) is 43.9 Å². The van der Waals surface area contributed by atoms with Crippen LogP contribution in [0.2, 0.25) is 0 Å². The van der Waals surface area contributed by atoms with Crippen LogP contribution in [0.15, 0.2) is 24.3 Å². The molecule has 1 aromatic carbocycles. The third-order valence-corrected chi connectivity index (χ3v) is 5.61. The fraction of sp³-hybridized carbons (Fsp3) is 0.654. The number of rotatable bonds is 9. The minimum Gasteiger partial charge on any atom is -0.508 e. The first-order valence-corrected chi connectivity index (χ1v) is 12.2. The number of phenolic OH excluding ortho intramolecular Hbond substituents is 1. The van der Waals surface area contributed by atoms with Crippen molar-refractivity contribution in [2.24, 2.45) is 5.92 Å². The van der Waals surface area contributed by atoms with Crippen molar-refractivity contribution in [2.75, 3.05) is 0 Å². The predicted octanol–water partition coefficient (Wildman–Crippen LogP) is 4.28. The fourth-order valence-corrected chi connectivity index (χ4v) is 4.01. The SMILES string of the molecule is CC(C)CC(NC(=O)OC(C)(C)C)C(=O)N(C1CCC1)C(C(=O)NC(C)C)c1ccccc1O. The van der Waals surface area contributed by atoms with Crippen LogP contribution in [0.3, 0.4) is 0 Å². The minimum atomic E-state index is -1.02. The molecular weight excluding hydrogens is 434 g/mol. The Morgan fingerprint density at radius 3 is 2.18 bits per heavy atom. The number of para-hydroxylation sites is 1. The van der Waals surface area contributed by atoms with Crippen molar-refractivity contribution in [3.8, 4) is 5.75 Å². The molecule has 34 heavy (non-hydrogen) atoms. The van der Waals surface area contributed by atoms with Crippen LogP contribution in [-0.2, 0) is 14.3 Å². The minimum absolute atomic E-state index is 0.0518. The Hall–Kier alpha value is -2.77. The van der Waals surface area contributed by atoms with E-state index in [4.69, 9.17) is 4.74 Å². The molecule has 2 rings (SSSR count). The van der Waals surface area contributed by atoms with E-state index < -0.39 is 23.8 Å². The van der Waals surface area contributed by atoms with Crippen LogP contribution in [0.25, 0.3) is 0 Å². The number of nitrogens with zero attached hydrogens (tertiary/aromatic N) is 1. The summed E-state index contributed by atoms with van der Waals surface area (Å²) >= 11 is 0. The summed E-state index contributed by atoms with van der Waals surface area (Å²) in [6, 6.07) is 4.40. The van der Waals surface area contributed by atoms with Crippen molar-refractivity contribution in [3.05, 3.63) is 29.8 Å². The molecule has 0 spiro atoms. The largest absolute Gasteiger partial charge is 0.508 e. The van der Waals surface area contributed by atoms with Gasteiger partial charge in [0, 0.05) is 17.6 Å². The van der Waals surface area contributed by atoms with Crippen molar-refractivity contribution in [3.63, 3.8) is 0 Å². The molecule has 1 aliphatic carbocycles. The number of amides is 3. The third-order valence-electron chi connectivity index (χ3n) is 5.61. The molecule has 190 valence electrons. The molecule has 0 heterocycles. The lowest BCUT2D eigenvalue weighted by atomic mass is 9.87. The maximum atomic E-state index is 14.0. The molecular formula is C26H41N3O5. The lowest BCUT2D eigenvalue weighted by molar-refractivity contribution is -0.148. The second-order valence-electron chi connectivity index (χ2n) is 10.8. The molecule has 0 aromatic heterocycles. The van der Waals surface area contributed by atoms with Crippen LogP contribution in [-0.4, -0.2) is 51.6 Å². The van der Waals surface area contributed by atoms with Gasteiger partial charge in [-0.25, -0.2) is 4.79 Å². The van der Waals surface area contributed by atoms with E-state index in [1.807, 2.05) is 27.7 Å². The average Bonchev–Trinajstić information content (AvgIpc) is 2.64. The quantitative estimate of drug-likeness (QED) is 0.494. The summed E-state index contributed by atoms with van der Waals surface area (Å²) in [7, 11) is 0. The Bertz CT molecular complexity index is 858. The first-order chi connectivity index (χ1) is 15.8. The fourth-order valence-electron chi connectivity index (χ4n) is 4.01. The van der Waals surface area contributed by atoms with Gasteiger partial charge in [0.15, 0.2) is 0 Å². The van der Waals surface area contributed by atoms with E-state index in [-0.39, 0.29) is 35.6 Å². The Balaban J connectivity index is 2.49. The van der Waals surface area contributed by atoms with Crippen LogP contribution in [0.1, 0.15) is 85.8 Å². The lowest BCUT2D eigenvalue weighted by Gasteiger charge is -2.44. The summed E-state index contributed by atoms with van der Waals surface area (Å²) in [5.41, 5.74) is -0.347. The van der Waals surface area contributed by atoms with Gasteiger partial charge in [-0.2, -0.15) is 0 Å². The molecule has 0 saturated heterocycles. The topological polar surface area (TPSA) is 108 Å². The van der Waals surface area contributed by atoms with Gasteiger partial charge in [0.05, 0.1) is 0 Å².